The highest BCUT2D eigenvalue weighted by Crippen LogP contribution is 2.28. The van der Waals surface area contributed by atoms with E-state index in [-0.39, 0.29) is 5.38 Å². The topological polar surface area (TPSA) is 30.7 Å². The summed E-state index contributed by atoms with van der Waals surface area (Å²) in [6.45, 7) is 3.98. The van der Waals surface area contributed by atoms with Crippen molar-refractivity contribution in [2.45, 2.75) is 19.2 Å². The lowest BCUT2D eigenvalue weighted by Gasteiger charge is -2.10. The second-order valence-electron chi connectivity index (χ2n) is 4.75. The molecule has 5 heteroatoms. The van der Waals surface area contributed by atoms with Crippen molar-refractivity contribution in [1.29, 1.82) is 0 Å². The van der Waals surface area contributed by atoms with Gasteiger partial charge in [-0.25, -0.2) is 9.97 Å². The minimum absolute atomic E-state index is 0.190. The van der Waals surface area contributed by atoms with E-state index in [1.807, 2.05) is 17.6 Å². The van der Waals surface area contributed by atoms with Gasteiger partial charge in [-0.1, -0.05) is 17.7 Å². The molecule has 1 atom stereocenters. The summed E-state index contributed by atoms with van der Waals surface area (Å²) in [6, 6.07) is 10.2. The first-order valence-electron chi connectivity index (χ1n) is 6.31. The van der Waals surface area contributed by atoms with Crippen LogP contribution in [-0.4, -0.2) is 14.5 Å². The van der Waals surface area contributed by atoms with E-state index in [4.69, 9.17) is 11.6 Å². The van der Waals surface area contributed by atoms with Crippen LogP contribution < -0.4 is 0 Å². The molecular weight excluding hydrogens is 338 g/mol. The predicted octanol–water partition coefficient (Wildman–Crippen LogP) is 4.79. The number of pyridine rings is 1. The van der Waals surface area contributed by atoms with Gasteiger partial charge in [-0.05, 0) is 48.0 Å². The Morgan fingerprint density at radius 2 is 1.95 bits per heavy atom. The number of hydrogen-bond donors (Lipinski definition) is 0. The van der Waals surface area contributed by atoms with Crippen molar-refractivity contribution in [2.75, 3.05) is 0 Å². The zero-order valence-corrected chi connectivity index (χ0v) is 13.5. The number of aromatic nitrogens is 3. The zero-order valence-electron chi connectivity index (χ0n) is 11.1. The highest BCUT2D eigenvalue weighted by molar-refractivity contribution is 9.10. The van der Waals surface area contributed by atoms with Gasteiger partial charge >= 0.3 is 0 Å². The molecule has 102 valence electrons. The van der Waals surface area contributed by atoms with Crippen LogP contribution >= 0.6 is 27.5 Å². The lowest BCUT2D eigenvalue weighted by molar-refractivity contribution is 0.876. The molecule has 0 saturated carbocycles. The maximum absolute atomic E-state index is 6.28. The van der Waals surface area contributed by atoms with Crippen molar-refractivity contribution < 1.29 is 0 Å². The molecule has 20 heavy (non-hydrogen) atoms. The number of fused-ring (bicyclic) bond motifs is 1. The van der Waals surface area contributed by atoms with Gasteiger partial charge in [0.05, 0.1) is 5.38 Å². The van der Waals surface area contributed by atoms with Crippen LogP contribution in [0.5, 0.6) is 0 Å². The van der Waals surface area contributed by atoms with Crippen LogP contribution in [0.3, 0.4) is 0 Å². The van der Waals surface area contributed by atoms with Gasteiger partial charge in [-0.2, -0.15) is 0 Å². The summed E-state index contributed by atoms with van der Waals surface area (Å²) in [6.07, 6.45) is 1.78. The lowest BCUT2D eigenvalue weighted by Crippen LogP contribution is -2.02. The second-order valence-corrected chi connectivity index (χ2v) is 6.32. The summed E-state index contributed by atoms with van der Waals surface area (Å²) in [5.41, 5.74) is 3.90. The molecule has 2 aromatic heterocycles. The molecule has 0 bridgehead atoms. The fraction of sp³-hybridized carbons (Fsp3) is 0.200. The summed E-state index contributed by atoms with van der Waals surface area (Å²) in [5.74, 6) is 0.802. The van der Waals surface area contributed by atoms with Crippen LogP contribution in [0.4, 0.5) is 0 Å². The van der Waals surface area contributed by atoms with Crippen molar-refractivity contribution in [3.05, 3.63) is 52.4 Å². The number of imidazole rings is 1. The van der Waals surface area contributed by atoms with E-state index in [1.54, 1.807) is 6.20 Å². The average molecular weight is 351 g/mol. The van der Waals surface area contributed by atoms with Gasteiger partial charge in [0.15, 0.2) is 5.65 Å². The average Bonchev–Trinajstić information content (AvgIpc) is 2.78. The molecule has 0 amide bonds. The zero-order chi connectivity index (χ0) is 14.3. The summed E-state index contributed by atoms with van der Waals surface area (Å²) in [4.78, 5) is 9.09. The summed E-state index contributed by atoms with van der Waals surface area (Å²) >= 11 is 9.70. The minimum Gasteiger partial charge on any atom is -0.279 e. The van der Waals surface area contributed by atoms with E-state index >= 15 is 0 Å². The van der Waals surface area contributed by atoms with Crippen LogP contribution in [-0.2, 0) is 0 Å². The Morgan fingerprint density at radius 3 is 2.60 bits per heavy atom. The highest BCUT2D eigenvalue weighted by atomic mass is 79.9. The van der Waals surface area contributed by atoms with E-state index in [0.29, 0.717) is 0 Å². The largest absolute Gasteiger partial charge is 0.279 e. The minimum atomic E-state index is -0.190. The van der Waals surface area contributed by atoms with Crippen molar-refractivity contribution in [3.63, 3.8) is 0 Å². The Balaban J connectivity index is 2.31. The molecule has 3 rings (SSSR count). The smallest absolute Gasteiger partial charge is 0.164 e. The summed E-state index contributed by atoms with van der Waals surface area (Å²) in [7, 11) is 0. The van der Waals surface area contributed by atoms with E-state index in [2.05, 4.69) is 57.1 Å². The fourth-order valence-electron chi connectivity index (χ4n) is 2.17. The first kappa shape index (κ1) is 13.6. The molecule has 1 unspecified atom stereocenters. The number of benzene rings is 1. The summed E-state index contributed by atoms with van der Waals surface area (Å²) < 4.78 is 2.92. The Hall–Kier alpha value is -1.39. The van der Waals surface area contributed by atoms with Crippen molar-refractivity contribution in [3.8, 4) is 5.69 Å². The molecular formula is C15H13BrClN3. The first-order valence-corrected chi connectivity index (χ1v) is 7.54. The van der Waals surface area contributed by atoms with Crippen LogP contribution in [0.25, 0.3) is 16.9 Å². The van der Waals surface area contributed by atoms with Gasteiger partial charge in [0.1, 0.15) is 11.3 Å². The molecule has 0 aliphatic heterocycles. The fourth-order valence-corrected chi connectivity index (χ4v) is 2.64. The third kappa shape index (κ3) is 2.34. The van der Waals surface area contributed by atoms with Crippen LogP contribution in [0.2, 0.25) is 0 Å². The van der Waals surface area contributed by atoms with Gasteiger partial charge in [0.25, 0.3) is 0 Å². The Bertz CT molecular complexity index is 763. The molecule has 0 aliphatic rings. The van der Waals surface area contributed by atoms with Crippen LogP contribution in [0.15, 0.2) is 41.0 Å². The first-order chi connectivity index (χ1) is 9.56. The predicted molar refractivity (Wildman–Crippen MR) is 85.6 cm³/mol. The number of alkyl halides is 1. The SMILES string of the molecule is Cc1ccc(-n2c(C(C)Cl)nc3cc(Br)cnc32)cc1. The Labute approximate surface area is 130 Å². The van der Waals surface area contributed by atoms with Gasteiger partial charge in [-0.3, -0.25) is 4.57 Å². The molecule has 0 N–H and O–H groups in total. The molecule has 1 aromatic carbocycles. The standard InChI is InChI=1S/C15H13BrClN3/c1-9-3-5-12(6-4-9)20-14(10(2)17)19-13-7-11(16)8-18-15(13)20/h3-8,10H,1-2H3. The molecule has 3 nitrogen and oxygen atoms in total. The highest BCUT2D eigenvalue weighted by Gasteiger charge is 2.17. The van der Waals surface area contributed by atoms with Crippen molar-refractivity contribution in [1.82, 2.24) is 14.5 Å². The number of halogens is 2. The summed E-state index contributed by atoms with van der Waals surface area (Å²) in [5, 5.41) is -0.190. The van der Waals surface area contributed by atoms with Crippen molar-refractivity contribution in [2.24, 2.45) is 0 Å². The monoisotopic (exact) mass is 349 g/mol. The molecule has 0 fully saturated rings. The third-order valence-corrected chi connectivity index (χ3v) is 3.77. The molecule has 3 aromatic rings. The Morgan fingerprint density at radius 1 is 1.25 bits per heavy atom. The Kier molecular flexibility index (Phi) is 3.52. The number of aryl methyl sites for hydroxylation is 1. The van der Waals surface area contributed by atoms with Gasteiger partial charge in [0.2, 0.25) is 0 Å². The third-order valence-electron chi connectivity index (χ3n) is 3.14. The molecule has 0 aliphatic carbocycles. The van der Waals surface area contributed by atoms with E-state index in [1.165, 1.54) is 5.56 Å². The quantitative estimate of drug-likeness (QED) is 0.622. The number of nitrogens with zero attached hydrogens (tertiary/aromatic N) is 3. The van der Waals surface area contributed by atoms with E-state index < -0.39 is 0 Å². The van der Waals surface area contributed by atoms with E-state index in [9.17, 15) is 0 Å². The number of hydrogen-bond acceptors (Lipinski definition) is 2. The van der Waals surface area contributed by atoms with Gasteiger partial charge in [0, 0.05) is 16.4 Å². The maximum Gasteiger partial charge on any atom is 0.164 e. The van der Waals surface area contributed by atoms with Crippen LogP contribution in [0.1, 0.15) is 23.7 Å². The van der Waals surface area contributed by atoms with Crippen molar-refractivity contribution >= 4 is 38.7 Å². The maximum atomic E-state index is 6.28. The lowest BCUT2D eigenvalue weighted by atomic mass is 10.2. The molecule has 0 radical (unpaired) electrons. The molecule has 2 heterocycles. The number of rotatable bonds is 2. The van der Waals surface area contributed by atoms with Crippen LogP contribution in [0, 0.1) is 6.92 Å². The normalized spacial score (nSPS) is 12.8. The van der Waals surface area contributed by atoms with E-state index in [0.717, 1.165) is 27.1 Å². The molecule has 0 spiro atoms. The molecule has 0 saturated heterocycles. The van der Waals surface area contributed by atoms with Gasteiger partial charge < -0.3 is 0 Å². The second kappa shape index (κ2) is 5.19. The van der Waals surface area contributed by atoms with Gasteiger partial charge in [-0.15, -0.1) is 11.6 Å².